The molecule has 7 heteroatoms. The van der Waals surface area contributed by atoms with E-state index >= 15 is 0 Å². The summed E-state index contributed by atoms with van der Waals surface area (Å²) in [6.45, 7) is 0. The summed E-state index contributed by atoms with van der Waals surface area (Å²) in [7, 11) is -4.31. The lowest BCUT2D eigenvalue weighted by Gasteiger charge is -2.21. The van der Waals surface area contributed by atoms with E-state index < -0.39 is 13.6 Å². The second-order valence-electron chi connectivity index (χ2n) is 8.72. The minimum atomic E-state index is -4.31. The third-order valence-electron chi connectivity index (χ3n) is 6.50. The van der Waals surface area contributed by atoms with Gasteiger partial charge >= 0.3 is 13.6 Å². The first-order chi connectivity index (χ1) is 16.8. The third-order valence-corrected chi connectivity index (χ3v) is 7.48. The van der Waals surface area contributed by atoms with Crippen molar-refractivity contribution in [3.8, 4) is 0 Å². The van der Waals surface area contributed by atoms with E-state index in [1.807, 2.05) is 54.6 Å². The molecule has 1 heterocycles. The number of aromatic nitrogens is 1. The van der Waals surface area contributed by atoms with Crippen LogP contribution >= 0.6 is 7.60 Å². The summed E-state index contributed by atoms with van der Waals surface area (Å²) < 4.78 is 12.1. The predicted molar refractivity (Wildman–Crippen MR) is 138 cm³/mol. The number of hydrogen-bond acceptors (Lipinski definition) is 3. The van der Waals surface area contributed by atoms with Gasteiger partial charge in [-0.2, -0.15) is 0 Å². The maximum absolute atomic E-state index is 12.1. The van der Waals surface area contributed by atoms with Gasteiger partial charge in [0.25, 0.3) is 0 Å². The van der Waals surface area contributed by atoms with Gasteiger partial charge in [0, 0.05) is 17.0 Å². The first kappa shape index (κ1) is 23.2. The molecule has 0 radical (unpaired) electrons. The molecule has 1 aromatic heterocycles. The summed E-state index contributed by atoms with van der Waals surface area (Å²) >= 11 is 0. The highest BCUT2D eigenvalue weighted by molar-refractivity contribution is 7.60. The summed E-state index contributed by atoms with van der Waals surface area (Å²) in [5.74, 6) is -0.995. The molecule has 0 spiro atoms. The number of benzene rings is 4. The Morgan fingerprint density at radius 1 is 0.800 bits per heavy atom. The van der Waals surface area contributed by atoms with Crippen molar-refractivity contribution in [2.45, 2.75) is 25.7 Å². The largest absolute Gasteiger partial charge is 0.477 e. The molecule has 0 aliphatic heterocycles. The van der Waals surface area contributed by atoms with Crippen molar-refractivity contribution in [2.75, 3.05) is 0 Å². The van der Waals surface area contributed by atoms with Crippen LogP contribution in [-0.2, 0) is 17.4 Å². The zero-order valence-electron chi connectivity index (χ0n) is 18.9. The quantitative estimate of drug-likeness (QED) is 0.222. The van der Waals surface area contributed by atoms with E-state index in [-0.39, 0.29) is 11.0 Å². The Kier molecular flexibility index (Phi) is 6.12. The molecule has 0 amide bonds. The zero-order valence-corrected chi connectivity index (χ0v) is 19.8. The molecule has 6 nitrogen and oxygen atoms in total. The summed E-state index contributed by atoms with van der Waals surface area (Å²) in [5, 5.41) is 14.4. The molecule has 0 unspecified atom stereocenters. The van der Waals surface area contributed by atoms with Gasteiger partial charge < -0.3 is 14.9 Å². The number of rotatable bonds is 2. The van der Waals surface area contributed by atoms with Crippen LogP contribution in [0.25, 0.3) is 32.3 Å². The lowest BCUT2D eigenvalue weighted by molar-refractivity contribution is 0.0690. The van der Waals surface area contributed by atoms with Crippen molar-refractivity contribution < 1.29 is 24.3 Å². The number of nitrogens with zero attached hydrogens (tertiary/aromatic N) is 1. The van der Waals surface area contributed by atoms with E-state index in [2.05, 4.69) is 11.1 Å². The Balaban J connectivity index is 0.000000166. The zero-order chi connectivity index (χ0) is 24.6. The topological polar surface area (TPSA) is 108 Å². The normalized spacial score (nSPS) is 13.3. The van der Waals surface area contributed by atoms with Gasteiger partial charge in [0.05, 0.1) is 5.30 Å². The smallest absolute Gasteiger partial charge is 0.356 e. The molecule has 176 valence electrons. The molecule has 0 fully saturated rings. The summed E-state index contributed by atoms with van der Waals surface area (Å²) in [4.78, 5) is 34.1. The molecule has 35 heavy (non-hydrogen) atoms. The Hall–Kier alpha value is -3.57. The lowest BCUT2D eigenvalue weighted by atomic mass is 9.86. The van der Waals surface area contributed by atoms with E-state index in [4.69, 9.17) is 5.11 Å². The fourth-order valence-electron chi connectivity index (χ4n) is 4.86. The molecule has 0 atom stereocenters. The third kappa shape index (κ3) is 4.56. The predicted octanol–water partition coefficient (Wildman–Crippen LogP) is 5.61. The molecule has 4 aromatic carbocycles. The van der Waals surface area contributed by atoms with Crippen molar-refractivity contribution in [2.24, 2.45) is 0 Å². The van der Waals surface area contributed by atoms with Crippen LogP contribution < -0.4 is 5.30 Å². The molecule has 1 aliphatic rings. The maximum Gasteiger partial charge on any atom is 0.356 e. The van der Waals surface area contributed by atoms with Crippen molar-refractivity contribution in [1.82, 2.24) is 4.98 Å². The number of aromatic carboxylic acids is 1. The second kappa shape index (κ2) is 9.23. The number of aryl methyl sites for hydroxylation is 2. The van der Waals surface area contributed by atoms with Crippen molar-refractivity contribution in [3.63, 3.8) is 0 Å². The van der Waals surface area contributed by atoms with E-state index in [1.54, 1.807) is 18.3 Å². The van der Waals surface area contributed by atoms with E-state index in [9.17, 15) is 19.1 Å². The molecular formula is C28H24NO5P. The molecular weight excluding hydrogens is 461 g/mol. The van der Waals surface area contributed by atoms with Crippen LogP contribution in [0, 0.1) is 0 Å². The summed E-state index contributed by atoms with van der Waals surface area (Å²) in [6.07, 6.45) is 5.70. The number of pyridine rings is 1. The fraction of sp³-hybridized carbons (Fsp3) is 0.143. The monoisotopic (exact) mass is 485 g/mol. The first-order valence-electron chi connectivity index (χ1n) is 11.4. The number of carbonyl (C=O) groups is 1. The van der Waals surface area contributed by atoms with Crippen LogP contribution in [0.5, 0.6) is 0 Å². The molecule has 6 rings (SSSR count). The summed E-state index contributed by atoms with van der Waals surface area (Å²) in [5.41, 5.74) is 2.45. The van der Waals surface area contributed by atoms with Gasteiger partial charge in [-0.05, 0) is 70.5 Å². The number of carboxylic acids is 1. The van der Waals surface area contributed by atoms with Crippen LogP contribution in [0.4, 0.5) is 0 Å². The van der Waals surface area contributed by atoms with Crippen LogP contribution in [-0.4, -0.2) is 25.8 Å². The second-order valence-corrected chi connectivity index (χ2v) is 10.3. The Bertz CT molecular complexity index is 1640. The number of hydrogen-bond donors (Lipinski definition) is 3. The van der Waals surface area contributed by atoms with Crippen molar-refractivity contribution in [1.29, 1.82) is 0 Å². The minimum absolute atomic E-state index is 0.0821. The molecule has 5 aromatic rings. The van der Waals surface area contributed by atoms with Gasteiger partial charge in [-0.15, -0.1) is 0 Å². The van der Waals surface area contributed by atoms with Crippen LogP contribution in [0.3, 0.4) is 0 Å². The van der Waals surface area contributed by atoms with Crippen LogP contribution in [0.2, 0.25) is 0 Å². The molecule has 1 aliphatic carbocycles. The van der Waals surface area contributed by atoms with Gasteiger partial charge in [-0.25, -0.2) is 9.78 Å². The molecule has 0 bridgehead atoms. The van der Waals surface area contributed by atoms with Gasteiger partial charge in [0.15, 0.2) is 0 Å². The van der Waals surface area contributed by atoms with Crippen molar-refractivity contribution in [3.05, 3.63) is 95.8 Å². The minimum Gasteiger partial charge on any atom is -0.477 e. The highest BCUT2D eigenvalue weighted by Crippen LogP contribution is 2.41. The molecule has 0 saturated heterocycles. The van der Waals surface area contributed by atoms with Gasteiger partial charge in [0.2, 0.25) is 0 Å². The number of carboxylic acid groups (broad SMARTS) is 1. The SMILES string of the molecule is O=C(O)c1cc2ccccc2cn1.O=P(O)(O)c1cc2ccccc2c2ccc3c(c12)CCCC3. The van der Waals surface area contributed by atoms with E-state index in [0.717, 1.165) is 63.6 Å². The Labute approximate surface area is 202 Å². The Morgan fingerprint density at radius 3 is 2.23 bits per heavy atom. The van der Waals surface area contributed by atoms with Gasteiger partial charge in [-0.1, -0.05) is 60.7 Å². The summed E-state index contributed by atoms with van der Waals surface area (Å²) in [6, 6.07) is 22.7. The molecule has 3 N–H and O–H groups in total. The van der Waals surface area contributed by atoms with Gasteiger partial charge in [-0.3, -0.25) is 4.57 Å². The highest BCUT2D eigenvalue weighted by Gasteiger charge is 2.25. The maximum atomic E-state index is 12.1. The van der Waals surface area contributed by atoms with E-state index in [1.165, 1.54) is 5.56 Å². The standard InChI is InChI=1S/C18H17O3P.C10H7NO2/c19-22(20,21)17-11-13-6-2-3-7-14(13)16-10-9-12-5-1-4-8-15(12)18(16)17;12-10(13)9-5-7-3-1-2-4-8(7)6-11-9/h2-3,6-7,9-11H,1,4-5,8H2,(H2,19,20,21);1-6H,(H,12,13). The van der Waals surface area contributed by atoms with Gasteiger partial charge in [0.1, 0.15) is 5.69 Å². The van der Waals surface area contributed by atoms with E-state index in [0.29, 0.717) is 0 Å². The number of fused-ring (bicyclic) bond motifs is 6. The average molecular weight is 485 g/mol. The average Bonchev–Trinajstić information content (AvgIpc) is 2.87. The first-order valence-corrected chi connectivity index (χ1v) is 13.0. The van der Waals surface area contributed by atoms with Crippen LogP contribution in [0.1, 0.15) is 34.5 Å². The van der Waals surface area contributed by atoms with Crippen molar-refractivity contribution >= 4 is 51.2 Å². The fourth-order valence-corrected chi connectivity index (χ4v) is 5.72. The molecule has 0 saturated carbocycles. The highest BCUT2D eigenvalue weighted by atomic mass is 31.2. The lowest BCUT2D eigenvalue weighted by Crippen LogP contribution is -2.12. The Morgan fingerprint density at radius 2 is 1.49 bits per heavy atom. The van der Waals surface area contributed by atoms with Crippen LogP contribution in [0.15, 0.2) is 79.0 Å².